The molecule has 1 aromatic rings. The first-order chi connectivity index (χ1) is 13.1. The van der Waals surface area contributed by atoms with Gasteiger partial charge in [0, 0.05) is 12.0 Å². The van der Waals surface area contributed by atoms with E-state index >= 15 is 0 Å². The van der Waals surface area contributed by atoms with Crippen LogP contribution in [0.15, 0.2) is 30.3 Å². The number of hydrogen-bond acceptors (Lipinski definition) is 4. The van der Waals surface area contributed by atoms with Crippen LogP contribution in [0, 0.1) is 0 Å². The van der Waals surface area contributed by atoms with Crippen molar-refractivity contribution >= 4 is 17.7 Å². The quantitative estimate of drug-likeness (QED) is 0.356. The van der Waals surface area contributed by atoms with Gasteiger partial charge in [-0.3, -0.25) is 4.79 Å². The second-order valence-electron chi connectivity index (χ2n) is 6.71. The Morgan fingerprint density at radius 3 is 2.15 bits per heavy atom. The highest BCUT2D eigenvalue weighted by Gasteiger charge is 2.24. The van der Waals surface area contributed by atoms with Crippen LogP contribution in [0.1, 0.15) is 94.0 Å². The van der Waals surface area contributed by atoms with Crippen molar-refractivity contribution in [3.8, 4) is 0 Å². The van der Waals surface area contributed by atoms with Gasteiger partial charge in [0.2, 0.25) is 0 Å². The van der Waals surface area contributed by atoms with Gasteiger partial charge in [-0.1, -0.05) is 77.0 Å². The van der Waals surface area contributed by atoms with Gasteiger partial charge in [0.15, 0.2) is 0 Å². The summed E-state index contributed by atoms with van der Waals surface area (Å²) in [4.78, 5) is 22.1. The lowest BCUT2D eigenvalue weighted by Crippen LogP contribution is -1.99. The summed E-state index contributed by atoms with van der Waals surface area (Å²) in [5.74, 6) is 0.384. The van der Waals surface area contributed by atoms with E-state index in [4.69, 9.17) is 4.74 Å². The molecule has 0 amide bonds. The van der Waals surface area contributed by atoms with Gasteiger partial charge in [0.1, 0.15) is 5.76 Å². The summed E-state index contributed by atoms with van der Waals surface area (Å²) in [5, 5.41) is 0. The van der Waals surface area contributed by atoms with Crippen molar-refractivity contribution < 1.29 is 19.1 Å². The number of fused-ring (bicyclic) bond motifs is 1. The Morgan fingerprint density at radius 1 is 0.963 bits per heavy atom. The molecule has 0 fully saturated rings. The zero-order chi connectivity index (χ0) is 19.9. The predicted octanol–water partition coefficient (Wildman–Crippen LogP) is 6.30. The van der Waals surface area contributed by atoms with Gasteiger partial charge in [0.25, 0.3) is 0 Å². The van der Waals surface area contributed by atoms with Crippen LogP contribution in [0.5, 0.6) is 0 Å². The molecule has 0 spiro atoms. The average Bonchev–Trinajstić information content (AvgIpc) is 3.00. The van der Waals surface area contributed by atoms with Crippen molar-refractivity contribution in [1.29, 1.82) is 0 Å². The van der Waals surface area contributed by atoms with E-state index in [1.54, 1.807) is 6.07 Å². The normalized spacial score (nSPS) is 13.6. The van der Waals surface area contributed by atoms with Crippen molar-refractivity contribution in [3.63, 3.8) is 0 Å². The van der Waals surface area contributed by atoms with Gasteiger partial charge < -0.3 is 9.47 Å². The molecule has 0 atom stereocenters. The lowest BCUT2D eigenvalue weighted by atomic mass is 10.1. The van der Waals surface area contributed by atoms with Crippen molar-refractivity contribution in [3.05, 3.63) is 41.5 Å². The molecule has 150 valence electrons. The van der Waals surface area contributed by atoms with Crippen molar-refractivity contribution in [2.45, 2.75) is 78.1 Å². The molecular formula is C23H34O4. The van der Waals surface area contributed by atoms with Crippen molar-refractivity contribution in [1.82, 2.24) is 0 Å². The van der Waals surface area contributed by atoms with E-state index < -0.39 is 0 Å². The molecule has 0 saturated heterocycles. The predicted molar refractivity (Wildman–Crippen MR) is 109 cm³/mol. The number of allylic oxidation sites excluding steroid dienone is 1. The summed E-state index contributed by atoms with van der Waals surface area (Å²) in [6.45, 7) is 4.25. The number of unbranched alkanes of at least 4 members (excludes halogenated alkanes) is 7. The van der Waals surface area contributed by atoms with Gasteiger partial charge in [-0.05, 0) is 25.0 Å². The number of ether oxygens (including phenoxy) is 2. The fraction of sp³-hybridized carbons (Fsp3) is 0.565. The summed E-state index contributed by atoms with van der Waals surface area (Å²) in [6, 6.07) is 7.44. The smallest absolute Gasteiger partial charge is 0.344 e. The first-order valence-electron chi connectivity index (χ1n) is 10.2. The molecular weight excluding hydrogens is 340 g/mol. The average molecular weight is 375 g/mol. The molecule has 0 aliphatic carbocycles. The summed E-state index contributed by atoms with van der Waals surface area (Å²) in [5.41, 5.74) is 1.58. The Balaban J connectivity index is 0.000000270. The van der Waals surface area contributed by atoms with Crippen LogP contribution in [0.2, 0.25) is 0 Å². The summed E-state index contributed by atoms with van der Waals surface area (Å²) < 4.78 is 9.67. The molecule has 0 N–H and O–H groups in total. The number of rotatable bonds is 10. The number of benzene rings is 1. The fourth-order valence-corrected chi connectivity index (χ4v) is 2.93. The van der Waals surface area contributed by atoms with Crippen molar-refractivity contribution in [2.24, 2.45) is 0 Å². The van der Waals surface area contributed by atoms with Crippen LogP contribution in [0.3, 0.4) is 0 Å². The Labute approximate surface area is 163 Å². The standard InChI is InChI=1S/C12H24O2.C11H10O2/c1-3-4-5-6-7-8-9-10-11-12(13)14-2;1-2-5-10-8-6-3-4-7-9(8)11(12)13-10/h3-11H2,1-2H3;3-7H,2H2,1H3. The monoisotopic (exact) mass is 374 g/mol. The third-order valence-electron chi connectivity index (χ3n) is 4.47. The molecule has 1 aliphatic rings. The van der Waals surface area contributed by atoms with Crippen LogP contribution in [0.4, 0.5) is 0 Å². The molecule has 1 heterocycles. The fourth-order valence-electron chi connectivity index (χ4n) is 2.93. The van der Waals surface area contributed by atoms with Gasteiger partial charge in [-0.15, -0.1) is 0 Å². The Bertz CT molecular complexity index is 604. The number of carbonyl (C=O) groups excluding carboxylic acids is 2. The van der Waals surface area contributed by atoms with E-state index in [1.165, 1.54) is 52.1 Å². The molecule has 0 bridgehead atoms. The minimum absolute atomic E-state index is 0.0732. The van der Waals surface area contributed by atoms with Crippen LogP contribution in [0.25, 0.3) is 5.76 Å². The largest absolute Gasteiger partial charge is 0.469 e. The molecule has 0 saturated carbocycles. The lowest BCUT2D eigenvalue weighted by molar-refractivity contribution is -0.140. The zero-order valence-corrected chi connectivity index (χ0v) is 17.1. The van der Waals surface area contributed by atoms with Crippen LogP contribution in [-0.2, 0) is 14.3 Å². The van der Waals surface area contributed by atoms with Crippen LogP contribution >= 0.6 is 0 Å². The maximum absolute atomic E-state index is 11.3. The van der Waals surface area contributed by atoms with E-state index in [0.717, 1.165) is 18.4 Å². The molecule has 4 heteroatoms. The third kappa shape index (κ3) is 8.89. The van der Waals surface area contributed by atoms with E-state index in [1.807, 2.05) is 31.2 Å². The highest BCUT2D eigenvalue weighted by Crippen LogP contribution is 2.29. The molecule has 27 heavy (non-hydrogen) atoms. The number of methoxy groups -OCH3 is 1. The first kappa shape index (κ1) is 22.9. The number of esters is 2. The van der Waals surface area contributed by atoms with E-state index in [0.29, 0.717) is 17.7 Å². The molecule has 2 rings (SSSR count). The van der Waals surface area contributed by atoms with Gasteiger partial charge in [-0.25, -0.2) is 4.79 Å². The Hall–Kier alpha value is -2.10. The molecule has 4 nitrogen and oxygen atoms in total. The Morgan fingerprint density at radius 2 is 1.56 bits per heavy atom. The second-order valence-corrected chi connectivity index (χ2v) is 6.71. The number of cyclic esters (lactones) is 1. The first-order valence-corrected chi connectivity index (χ1v) is 10.2. The third-order valence-corrected chi connectivity index (χ3v) is 4.47. The molecule has 0 unspecified atom stereocenters. The zero-order valence-electron chi connectivity index (χ0n) is 17.1. The number of carbonyl (C=O) groups is 2. The maximum atomic E-state index is 11.3. The van der Waals surface area contributed by atoms with Gasteiger partial charge in [0.05, 0.1) is 12.7 Å². The van der Waals surface area contributed by atoms with Gasteiger partial charge in [-0.2, -0.15) is 0 Å². The van der Waals surface area contributed by atoms with Crippen molar-refractivity contribution in [2.75, 3.05) is 7.11 Å². The second kappa shape index (κ2) is 14.0. The summed E-state index contributed by atoms with van der Waals surface area (Å²) in [7, 11) is 1.45. The van der Waals surface area contributed by atoms with Crippen LogP contribution < -0.4 is 0 Å². The highest BCUT2D eigenvalue weighted by molar-refractivity contribution is 6.02. The SMILES string of the molecule is CCC=C1OC(=O)c2ccccc21.CCCCCCCCCCC(=O)OC. The lowest BCUT2D eigenvalue weighted by Gasteiger charge is -2.00. The molecule has 0 aromatic heterocycles. The topological polar surface area (TPSA) is 52.6 Å². The van der Waals surface area contributed by atoms with E-state index in [-0.39, 0.29) is 11.9 Å². The van der Waals surface area contributed by atoms with E-state index in [9.17, 15) is 9.59 Å². The highest BCUT2D eigenvalue weighted by atomic mass is 16.5. The summed E-state index contributed by atoms with van der Waals surface area (Å²) in [6.07, 6.45) is 13.5. The molecule has 1 aliphatic heterocycles. The van der Waals surface area contributed by atoms with E-state index in [2.05, 4.69) is 11.7 Å². The van der Waals surface area contributed by atoms with Gasteiger partial charge >= 0.3 is 11.9 Å². The number of hydrogen-bond donors (Lipinski definition) is 0. The minimum atomic E-state index is -0.240. The van der Waals surface area contributed by atoms with Crippen LogP contribution in [-0.4, -0.2) is 19.0 Å². The Kier molecular flexibility index (Phi) is 11.9. The molecule has 1 aromatic carbocycles. The maximum Gasteiger partial charge on any atom is 0.344 e. The summed E-state index contributed by atoms with van der Waals surface area (Å²) >= 11 is 0. The molecule has 0 radical (unpaired) electrons. The minimum Gasteiger partial charge on any atom is -0.469 e.